The summed E-state index contributed by atoms with van der Waals surface area (Å²) in [5.41, 5.74) is 2.97. The molecule has 3 aromatic carbocycles. The Bertz CT molecular complexity index is 991. The maximum absolute atomic E-state index is 13.4. The number of nitrogens with zero attached hydrogens (tertiary/aromatic N) is 1. The average Bonchev–Trinajstić information content (AvgIpc) is 2.82. The van der Waals surface area contributed by atoms with Crippen molar-refractivity contribution >= 4 is 23.4 Å². The molecular formula is C27H29ClN2O2. The first-order valence-electron chi connectivity index (χ1n) is 11.0. The van der Waals surface area contributed by atoms with Gasteiger partial charge in [0, 0.05) is 31.0 Å². The van der Waals surface area contributed by atoms with Gasteiger partial charge in [0.05, 0.1) is 0 Å². The Morgan fingerprint density at radius 3 is 2.03 bits per heavy atom. The number of carbonyl (C=O) groups excluding carboxylic acids is 2. The monoisotopic (exact) mass is 448 g/mol. The highest BCUT2D eigenvalue weighted by molar-refractivity contribution is 6.30. The van der Waals surface area contributed by atoms with Crippen molar-refractivity contribution in [2.75, 3.05) is 0 Å². The van der Waals surface area contributed by atoms with Crippen LogP contribution in [0.2, 0.25) is 5.02 Å². The average molecular weight is 449 g/mol. The van der Waals surface area contributed by atoms with Crippen LogP contribution in [0.25, 0.3) is 0 Å². The molecule has 0 bridgehead atoms. The summed E-state index contributed by atoms with van der Waals surface area (Å²) in [6, 6.07) is 26.4. The molecule has 0 fully saturated rings. The maximum atomic E-state index is 13.4. The van der Waals surface area contributed by atoms with Gasteiger partial charge in [-0.15, -0.1) is 0 Å². The third-order valence-corrected chi connectivity index (χ3v) is 5.56. The highest BCUT2D eigenvalue weighted by atomic mass is 35.5. The molecule has 0 aromatic heterocycles. The van der Waals surface area contributed by atoms with E-state index in [1.807, 2.05) is 79.7 Å². The number of halogens is 1. The lowest BCUT2D eigenvalue weighted by Crippen LogP contribution is -2.50. The number of nitrogens with one attached hydrogen (secondary N) is 1. The van der Waals surface area contributed by atoms with Crippen molar-refractivity contribution in [2.24, 2.45) is 0 Å². The van der Waals surface area contributed by atoms with E-state index in [0.717, 1.165) is 23.1 Å². The van der Waals surface area contributed by atoms with Crippen LogP contribution in [0.1, 0.15) is 36.5 Å². The normalized spacial score (nSPS) is 11.6. The molecule has 0 aliphatic carbocycles. The summed E-state index contributed by atoms with van der Waals surface area (Å²) in [5.74, 6) is -0.178. The number of hydrogen-bond donors (Lipinski definition) is 1. The molecule has 0 saturated heterocycles. The fourth-order valence-corrected chi connectivity index (χ4v) is 3.73. The predicted octanol–water partition coefficient (Wildman–Crippen LogP) is 5.40. The Morgan fingerprint density at radius 2 is 1.44 bits per heavy atom. The minimum absolute atomic E-state index is 0.0149. The molecule has 4 nitrogen and oxygen atoms in total. The molecule has 5 heteroatoms. The van der Waals surface area contributed by atoms with Crippen molar-refractivity contribution in [2.45, 2.75) is 45.3 Å². The lowest BCUT2D eigenvalue weighted by atomic mass is 10.0. The molecule has 0 heterocycles. The van der Waals surface area contributed by atoms with Gasteiger partial charge in [-0.05, 0) is 35.2 Å². The summed E-state index contributed by atoms with van der Waals surface area (Å²) in [6.07, 6.45) is 1.59. The predicted molar refractivity (Wildman–Crippen MR) is 129 cm³/mol. The molecule has 3 rings (SSSR count). The first-order valence-corrected chi connectivity index (χ1v) is 11.3. The van der Waals surface area contributed by atoms with Crippen LogP contribution < -0.4 is 5.32 Å². The molecule has 0 radical (unpaired) electrons. The van der Waals surface area contributed by atoms with Crippen LogP contribution >= 0.6 is 11.6 Å². The molecule has 1 atom stereocenters. The van der Waals surface area contributed by atoms with Crippen molar-refractivity contribution in [3.63, 3.8) is 0 Å². The number of benzene rings is 3. The molecular weight excluding hydrogens is 420 g/mol. The largest absolute Gasteiger partial charge is 0.350 e. The summed E-state index contributed by atoms with van der Waals surface area (Å²) in [4.78, 5) is 28.2. The third kappa shape index (κ3) is 6.96. The third-order valence-electron chi connectivity index (χ3n) is 5.31. The zero-order valence-electron chi connectivity index (χ0n) is 18.3. The summed E-state index contributed by atoms with van der Waals surface area (Å²) in [7, 11) is 0. The second-order valence-corrected chi connectivity index (χ2v) is 8.24. The summed E-state index contributed by atoms with van der Waals surface area (Å²) in [6.45, 7) is 2.75. The molecule has 1 unspecified atom stereocenters. The Balaban J connectivity index is 1.85. The summed E-state index contributed by atoms with van der Waals surface area (Å²) < 4.78 is 0. The second kappa shape index (κ2) is 12.1. The zero-order valence-corrected chi connectivity index (χ0v) is 19.1. The fraction of sp³-hybridized carbons (Fsp3) is 0.259. The van der Waals surface area contributed by atoms with Crippen molar-refractivity contribution < 1.29 is 9.59 Å². The number of rotatable bonds is 10. The summed E-state index contributed by atoms with van der Waals surface area (Å²) >= 11 is 5.97. The van der Waals surface area contributed by atoms with Crippen LogP contribution in [0.3, 0.4) is 0 Å². The molecule has 3 aromatic rings. The van der Waals surface area contributed by atoms with Gasteiger partial charge in [-0.3, -0.25) is 9.59 Å². The first kappa shape index (κ1) is 23.6. The van der Waals surface area contributed by atoms with Gasteiger partial charge >= 0.3 is 0 Å². The fourth-order valence-electron chi connectivity index (χ4n) is 3.60. The second-order valence-electron chi connectivity index (χ2n) is 7.81. The first-order chi connectivity index (χ1) is 15.6. The Hall–Kier alpha value is -3.11. The summed E-state index contributed by atoms with van der Waals surface area (Å²) in [5, 5.41) is 3.68. The van der Waals surface area contributed by atoms with E-state index >= 15 is 0 Å². The van der Waals surface area contributed by atoms with Crippen molar-refractivity contribution in [1.82, 2.24) is 10.2 Å². The van der Waals surface area contributed by atoms with Crippen LogP contribution in [0.4, 0.5) is 0 Å². The van der Waals surface area contributed by atoms with Crippen LogP contribution in [0.15, 0.2) is 84.9 Å². The van der Waals surface area contributed by atoms with Crippen LogP contribution in [0, 0.1) is 0 Å². The van der Waals surface area contributed by atoms with Gasteiger partial charge in [0.25, 0.3) is 0 Å². The standard InChI is InChI=1S/C27H29ClN2O2/c1-2-9-26(31)30(20-23-12-7-4-8-13-23)25(18-21-10-5-3-6-11-21)27(32)29-19-22-14-16-24(28)17-15-22/h3-8,10-17,25H,2,9,18-20H2,1H3,(H,29,32). The number of carbonyl (C=O) groups is 2. The minimum Gasteiger partial charge on any atom is -0.350 e. The maximum Gasteiger partial charge on any atom is 0.243 e. The van der Waals surface area contributed by atoms with Gasteiger partial charge in [0.15, 0.2) is 0 Å². The SMILES string of the molecule is CCCC(=O)N(Cc1ccccc1)C(Cc1ccccc1)C(=O)NCc1ccc(Cl)cc1. The molecule has 32 heavy (non-hydrogen) atoms. The van der Waals surface area contributed by atoms with E-state index in [9.17, 15) is 9.59 Å². The Morgan fingerprint density at radius 1 is 0.844 bits per heavy atom. The van der Waals surface area contributed by atoms with Crippen LogP contribution in [-0.2, 0) is 29.1 Å². The smallest absolute Gasteiger partial charge is 0.243 e. The molecule has 1 N–H and O–H groups in total. The quantitative estimate of drug-likeness (QED) is 0.451. The van der Waals surface area contributed by atoms with Crippen molar-refractivity contribution in [3.05, 3.63) is 107 Å². The van der Waals surface area contributed by atoms with E-state index in [-0.39, 0.29) is 11.8 Å². The Kier molecular flexibility index (Phi) is 8.88. The zero-order chi connectivity index (χ0) is 22.8. The van der Waals surface area contributed by atoms with Gasteiger partial charge in [0.1, 0.15) is 6.04 Å². The van der Waals surface area contributed by atoms with E-state index in [2.05, 4.69) is 5.32 Å². The van der Waals surface area contributed by atoms with E-state index in [1.54, 1.807) is 17.0 Å². The van der Waals surface area contributed by atoms with Gasteiger partial charge in [-0.25, -0.2) is 0 Å². The topological polar surface area (TPSA) is 49.4 Å². The van der Waals surface area contributed by atoms with E-state index in [1.165, 1.54) is 0 Å². The Labute approximate surface area is 195 Å². The number of hydrogen-bond acceptors (Lipinski definition) is 2. The molecule has 0 saturated carbocycles. The minimum atomic E-state index is -0.607. The molecule has 0 aliphatic rings. The van der Waals surface area contributed by atoms with Crippen molar-refractivity contribution in [3.8, 4) is 0 Å². The van der Waals surface area contributed by atoms with Gasteiger partial charge < -0.3 is 10.2 Å². The van der Waals surface area contributed by atoms with Crippen molar-refractivity contribution in [1.29, 1.82) is 0 Å². The molecule has 0 aliphatic heterocycles. The van der Waals surface area contributed by atoms with Gasteiger partial charge in [-0.1, -0.05) is 91.3 Å². The van der Waals surface area contributed by atoms with Crippen LogP contribution in [-0.4, -0.2) is 22.8 Å². The highest BCUT2D eigenvalue weighted by Gasteiger charge is 2.29. The lowest BCUT2D eigenvalue weighted by Gasteiger charge is -2.31. The molecule has 166 valence electrons. The van der Waals surface area contributed by atoms with Gasteiger partial charge in [-0.2, -0.15) is 0 Å². The van der Waals surface area contributed by atoms with Gasteiger partial charge in [0.2, 0.25) is 11.8 Å². The highest BCUT2D eigenvalue weighted by Crippen LogP contribution is 2.17. The van der Waals surface area contributed by atoms with E-state index < -0.39 is 6.04 Å². The van der Waals surface area contributed by atoms with E-state index in [0.29, 0.717) is 31.0 Å². The molecule has 2 amide bonds. The number of amides is 2. The van der Waals surface area contributed by atoms with E-state index in [4.69, 9.17) is 11.6 Å². The van der Waals surface area contributed by atoms with Crippen LogP contribution in [0.5, 0.6) is 0 Å². The lowest BCUT2D eigenvalue weighted by molar-refractivity contribution is -0.141. The molecule has 0 spiro atoms.